The molecule has 1 aromatic carbocycles. The minimum atomic E-state index is -1.00. The van der Waals surface area contributed by atoms with E-state index in [1.54, 1.807) is 0 Å². The van der Waals surface area contributed by atoms with Gasteiger partial charge in [-0.2, -0.15) is 0 Å². The van der Waals surface area contributed by atoms with Gasteiger partial charge in [-0.1, -0.05) is 12.2 Å². The van der Waals surface area contributed by atoms with Crippen LogP contribution in [-0.2, 0) is 9.59 Å². The second-order valence-electron chi connectivity index (χ2n) is 5.97. The molecule has 0 unspecified atom stereocenters. The van der Waals surface area contributed by atoms with Gasteiger partial charge in [0.25, 0.3) is 5.69 Å². The fraction of sp³-hybridized carbons (Fsp3) is 0.375. The molecule has 4 atom stereocenters. The molecule has 24 heavy (non-hydrogen) atoms. The summed E-state index contributed by atoms with van der Waals surface area (Å²) in [7, 11) is 1.39. The summed E-state index contributed by atoms with van der Waals surface area (Å²) in [5.74, 6) is -2.92. The van der Waals surface area contributed by atoms with Gasteiger partial charge in [-0.15, -0.1) is 0 Å². The largest absolute Gasteiger partial charge is 0.495 e. The van der Waals surface area contributed by atoms with Crippen molar-refractivity contribution in [1.29, 1.82) is 0 Å². The Bertz CT molecular complexity index is 744. The van der Waals surface area contributed by atoms with Crippen molar-refractivity contribution in [2.24, 2.45) is 23.7 Å². The van der Waals surface area contributed by atoms with Gasteiger partial charge < -0.3 is 15.2 Å². The molecule has 0 saturated heterocycles. The van der Waals surface area contributed by atoms with Gasteiger partial charge in [-0.25, -0.2) is 0 Å². The first kappa shape index (κ1) is 16.0. The van der Waals surface area contributed by atoms with E-state index in [0.717, 1.165) is 0 Å². The zero-order valence-electron chi connectivity index (χ0n) is 12.8. The van der Waals surface area contributed by atoms with Crippen LogP contribution in [0, 0.1) is 33.8 Å². The van der Waals surface area contributed by atoms with Crippen molar-refractivity contribution in [3.63, 3.8) is 0 Å². The van der Waals surface area contributed by atoms with Crippen LogP contribution in [0.3, 0.4) is 0 Å². The molecule has 1 aromatic rings. The van der Waals surface area contributed by atoms with Crippen LogP contribution >= 0.6 is 0 Å². The highest BCUT2D eigenvalue weighted by Crippen LogP contribution is 2.48. The molecule has 126 valence electrons. The molecule has 2 aliphatic rings. The van der Waals surface area contributed by atoms with E-state index in [2.05, 4.69) is 5.32 Å². The number of ether oxygens (including phenoxy) is 1. The van der Waals surface area contributed by atoms with Crippen molar-refractivity contribution in [1.82, 2.24) is 0 Å². The van der Waals surface area contributed by atoms with E-state index in [9.17, 15) is 24.8 Å². The summed E-state index contributed by atoms with van der Waals surface area (Å²) in [6.07, 6.45) is 4.36. The number of nitro groups is 1. The van der Waals surface area contributed by atoms with Crippen LogP contribution in [-0.4, -0.2) is 29.0 Å². The van der Waals surface area contributed by atoms with Gasteiger partial charge in [-0.3, -0.25) is 19.7 Å². The molecule has 2 bridgehead atoms. The van der Waals surface area contributed by atoms with E-state index in [4.69, 9.17) is 4.74 Å². The van der Waals surface area contributed by atoms with Crippen LogP contribution in [0.1, 0.15) is 6.42 Å². The Morgan fingerprint density at radius 2 is 1.96 bits per heavy atom. The molecule has 0 aromatic heterocycles. The molecule has 1 amide bonds. The van der Waals surface area contributed by atoms with Gasteiger partial charge in [0.05, 0.1) is 29.6 Å². The predicted molar refractivity (Wildman–Crippen MR) is 83.6 cm³/mol. The summed E-state index contributed by atoms with van der Waals surface area (Å²) in [5, 5.41) is 22.9. The van der Waals surface area contributed by atoms with E-state index in [-0.39, 0.29) is 29.0 Å². The third-order valence-corrected chi connectivity index (χ3v) is 4.70. The lowest BCUT2D eigenvalue weighted by Gasteiger charge is -2.24. The molecule has 8 nitrogen and oxygen atoms in total. The molecule has 1 fully saturated rings. The molecule has 0 radical (unpaired) electrons. The number of rotatable bonds is 5. The molecule has 8 heteroatoms. The highest BCUT2D eigenvalue weighted by Gasteiger charge is 2.51. The average molecular weight is 332 g/mol. The molecular formula is C16H16N2O6. The van der Waals surface area contributed by atoms with Crippen molar-refractivity contribution in [3.8, 4) is 5.75 Å². The van der Waals surface area contributed by atoms with E-state index in [1.165, 1.54) is 25.3 Å². The Labute approximate surface area is 137 Å². The number of nitro benzene ring substituents is 1. The van der Waals surface area contributed by atoms with Crippen LogP contribution in [0.25, 0.3) is 0 Å². The number of carboxylic acid groups (broad SMARTS) is 1. The van der Waals surface area contributed by atoms with E-state index in [1.807, 2.05) is 12.2 Å². The van der Waals surface area contributed by atoms with Gasteiger partial charge in [0.15, 0.2) is 0 Å². The van der Waals surface area contributed by atoms with Crippen LogP contribution in [0.15, 0.2) is 30.4 Å². The van der Waals surface area contributed by atoms with Gasteiger partial charge in [0.2, 0.25) is 5.91 Å². The number of methoxy groups -OCH3 is 1. The molecule has 0 heterocycles. The first-order valence-corrected chi connectivity index (χ1v) is 7.46. The second-order valence-corrected chi connectivity index (χ2v) is 5.97. The number of fused-ring (bicyclic) bond motifs is 2. The Kier molecular flexibility index (Phi) is 3.96. The maximum absolute atomic E-state index is 12.6. The Morgan fingerprint density at radius 3 is 2.54 bits per heavy atom. The predicted octanol–water partition coefficient (Wildman–Crippen LogP) is 2.06. The number of carbonyl (C=O) groups is 2. The number of aliphatic carboxylic acids is 1. The molecule has 3 rings (SSSR count). The number of nitrogens with one attached hydrogen (secondary N) is 1. The van der Waals surface area contributed by atoms with Crippen molar-refractivity contribution in [2.45, 2.75) is 6.42 Å². The van der Waals surface area contributed by atoms with Crippen LogP contribution < -0.4 is 10.1 Å². The zero-order valence-corrected chi connectivity index (χ0v) is 12.8. The van der Waals surface area contributed by atoms with Crippen LogP contribution in [0.2, 0.25) is 0 Å². The fourth-order valence-electron chi connectivity index (χ4n) is 3.64. The molecular weight excluding hydrogens is 316 g/mol. The number of hydrogen-bond acceptors (Lipinski definition) is 5. The van der Waals surface area contributed by atoms with E-state index >= 15 is 0 Å². The Morgan fingerprint density at radius 1 is 1.29 bits per heavy atom. The molecule has 0 aliphatic heterocycles. The average Bonchev–Trinajstić information content (AvgIpc) is 3.15. The van der Waals surface area contributed by atoms with Crippen molar-refractivity contribution in [3.05, 3.63) is 40.5 Å². The third-order valence-electron chi connectivity index (χ3n) is 4.70. The molecule has 2 N–H and O–H groups in total. The number of carboxylic acids is 1. The van der Waals surface area contributed by atoms with Crippen molar-refractivity contribution in [2.75, 3.05) is 12.4 Å². The van der Waals surface area contributed by atoms with E-state index in [0.29, 0.717) is 6.42 Å². The number of amides is 1. The highest BCUT2D eigenvalue weighted by atomic mass is 16.6. The number of carbonyl (C=O) groups excluding carboxylic acids is 1. The minimum Gasteiger partial charge on any atom is -0.495 e. The maximum Gasteiger partial charge on any atom is 0.307 e. The second kappa shape index (κ2) is 5.95. The third kappa shape index (κ3) is 2.60. The standard InChI is InChI=1S/C16H16N2O6/c1-24-12-5-4-10(18(22)23)7-11(12)17-15(19)13-8-2-3-9(6-8)14(13)16(20)21/h2-5,7-9,13-14H,6H2,1H3,(H,17,19)(H,20,21)/t8-,9-,13-,14-/m0/s1. The number of non-ortho nitro benzene ring substituents is 1. The highest BCUT2D eigenvalue weighted by molar-refractivity contribution is 5.97. The topological polar surface area (TPSA) is 119 Å². The fourth-order valence-corrected chi connectivity index (χ4v) is 3.64. The van der Waals surface area contributed by atoms with Crippen molar-refractivity contribution >= 4 is 23.3 Å². The minimum absolute atomic E-state index is 0.124. The number of hydrogen-bond donors (Lipinski definition) is 2. The van der Waals surface area contributed by atoms with Gasteiger partial charge in [-0.05, 0) is 24.3 Å². The summed E-state index contributed by atoms with van der Waals surface area (Å²) in [6, 6.07) is 3.87. The maximum atomic E-state index is 12.6. The Hall–Kier alpha value is -2.90. The first-order chi connectivity index (χ1) is 11.4. The summed E-state index contributed by atoms with van der Waals surface area (Å²) in [5.41, 5.74) is -0.0266. The Balaban J connectivity index is 1.87. The van der Waals surface area contributed by atoms with Gasteiger partial charge in [0, 0.05) is 12.1 Å². The van der Waals surface area contributed by atoms with Crippen LogP contribution in [0.4, 0.5) is 11.4 Å². The smallest absolute Gasteiger partial charge is 0.307 e. The zero-order chi connectivity index (χ0) is 17.4. The molecule has 1 saturated carbocycles. The summed E-state index contributed by atoms with van der Waals surface area (Å²) in [6.45, 7) is 0. The number of nitrogens with zero attached hydrogens (tertiary/aromatic N) is 1. The first-order valence-electron chi connectivity index (χ1n) is 7.46. The lowest BCUT2D eigenvalue weighted by molar-refractivity contribution is -0.384. The summed E-state index contributed by atoms with van der Waals surface area (Å²) >= 11 is 0. The summed E-state index contributed by atoms with van der Waals surface area (Å²) < 4.78 is 5.11. The normalized spacial score (nSPS) is 27.0. The lowest BCUT2D eigenvalue weighted by atomic mass is 9.82. The number of allylic oxidation sites excluding steroid dienone is 2. The van der Waals surface area contributed by atoms with Gasteiger partial charge in [0.1, 0.15) is 5.75 Å². The number of benzene rings is 1. The quantitative estimate of drug-likeness (QED) is 0.484. The monoisotopic (exact) mass is 332 g/mol. The van der Waals surface area contributed by atoms with Crippen molar-refractivity contribution < 1.29 is 24.4 Å². The molecule has 2 aliphatic carbocycles. The summed E-state index contributed by atoms with van der Waals surface area (Å²) in [4.78, 5) is 34.5. The SMILES string of the molecule is COc1ccc([N+](=O)[O-])cc1NC(=O)[C@@H]1[C@@H](C(=O)O)[C@H]2C=C[C@H]1C2. The molecule has 0 spiro atoms. The van der Waals surface area contributed by atoms with Crippen LogP contribution in [0.5, 0.6) is 5.75 Å². The van der Waals surface area contributed by atoms with Gasteiger partial charge >= 0.3 is 5.97 Å². The van der Waals surface area contributed by atoms with E-state index < -0.39 is 28.6 Å². The number of anilines is 1. The lowest BCUT2D eigenvalue weighted by Crippen LogP contribution is -2.36.